The molecule has 0 bridgehead atoms. The van der Waals surface area contributed by atoms with Crippen molar-refractivity contribution in [1.29, 1.82) is 0 Å². The molecule has 0 unspecified atom stereocenters. The maximum atomic E-state index is 12.0. The van der Waals surface area contributed by atoms with Crippen molar-refractivity contribution in [2.24, 2.45) is 0 Å². The smallest absolute Gasteiger partial charge is 0.337 e. The Balaban J connectivity index is 1.45. The number of fused-ring (bicyclic) bond motifs is 2. The Morgan fingerprint density at radius 2 is 0.974 bits per heavy atom. The molecule has 0 fully saturated rings. The van der Waals surface area contributed by atoms with Gasteiger partial charge in [0.2, 0.25) is 0 Å². The third-order valence-corrected chi connectivity index (χ3v) is 6.11. The molecule has 0 radical (unpaired) electrons. The topological polar surface area (TPSA) is 52.6 Å². The highest BCUT2D eigenvalue weighted by Gasteiger charge is 2.13. The predicted octanol–water partition coefficient (Wildman–Crippen LogP) is 6.37. The van der Waals surface area contributed by atoms with E-state index in [4.69, 9.17) is 9.47 Å². The molecule has 0 N–H and O–H groups in total. The molecule has 0 aliphatic rings. The molecular formula is C34H22O4. The van der Waals surface area contributed by atoms with E-state index in [1.807, 2.05) is 48.5 Å². The molecule has 0 spiro atoms. The van der Waals surface area contributed by atoms with Gasteiger partial charge in [-0.1, -0.05) is 72.2 Å². The van der Waals surface area contributed by atoms with Crippen LogP contribution in [0.1, 0.15) is 43.0 Å². The van der Waals surface area contributed by atoms with Crippen molar-refractivity contribution in [1.82, 2.24) is 0 Å². The van der Waals surface area contributed by atoms with Gasteiger partial charge in [0.1, 0.15) is 0 Å². The Labute approximate surface area is 220 Å². The zero-order valence-electron chi connectivity index (χ0n) is 20.9. The summed E-state index contributed by atoms with van der Waals surface area (Å²) >= 11 is 0. The lowest BCUT2D eigenvalue weighted by molar-refractivity contribution is 0.0599. The normalized spacial score (nSPS) is 10.2. The number of esters is 2. The van der Waals surface area contributed by atoms with Crippen LogP contribution < -0.4 is 0 Å². The van der Waals surface area contributed by atoms with E-state index < -0.39 is 11.9 Å². The van der Waals surface area contributed by atoms with Crippen LogP contribution in [0.3, 0.4) is 0 Å². The van der Waals surface area contributed by atoms with E-state index in [0.717, 1.165) is 38.2 Å². The van der Waals surface area contributed by atoms with Gasteiger partial charge >= 0.3 is 11.9 Å². The largest absolute Gasteiger partial charge is 0.465 e. The van der Waals surface area contributed by atoms with Crippen LogP contribution in [-0.4, -0.2) is 26.2 Å². The van der Waals surface area contributed by atoms with Crippen LogP contribution in [0.5, 0.6) is 0 Å². The fraction of sp³-hybridized carbons (Fsp3) is 0.0588. The lowest BCUT2D eigenvalue weighted by atomic mass is 9.97. The number of benzene rings is 5. The minimum absolute atomic E-state index is 0.228. The summed E-state index contributed by atoms with van der Waals surface area (Å²) in [6, 6.07) is 31.0. The number of ether oxygens (including phenoxy) is 2. The summed E-state index contributed by atoms with van der Waals surface area (Å²) < 4.78 is 9.57. The molecule has 4 heteroatoms. The van der Waals surface area contributed by atoms with Crippen molar-refractivity contribution in [3.63, 3.8) is 0 Å². The van der Waals surface area contributed by atoms with Crippen LogP contribution in [0.2, 0.25) is 0 Å². The zero-order valence-corrected chi connectivity index (χ0v) is 20.9. The SMILES string of the molecule is COC(=O)c1cc(C#Cc2ccc(C#Cc3c4ccccc4cc4ccccc34)cc2)cc(C(=O)OC)c1. The summed E-state index contributed by atoms with van der Waals surface area (Å²) in [6.45, 7) is 0. The predicted molar refractivity (Wildman–Crippen MR) is 149 cm³/mol. The molecule has 0 amide bonds. The second-order valence-electron chi connectivity index (χ2n) is 8.55. The van der Waals surface area contributed by atoms with E-state index in [2.05, 4.69) is 54.0 Å². The highest BCUT2D eigenvalue weighted by Crippen LogP contribution is 2.27. The van der Waals surface area contributed by atoms with E-state index in [9.17, 15) is 9.59 Å². The number of methoxy groups -OCH3 is 2. The van der Waals surface area contributed by atoms with Gasteiger partial charge in [-0.2, -0.15) is 0 Å². The summed E-state index contributed by atoms with van der Waals surface area (Å²) in [5.74, 6) is 11.7. The summed E-state index contributed by atoms with van der Waals surface area (Å²) in [6.07, 6.45) is 0. The Kier molecular flexibility index (Phi) is 6.89. The van der Waals surface area contributed by atoms with Crippen LogP contribution in [0, 0.1) is 23.7 Å². The van der Waals surface area contributed by atoms with E-state index in [1.54, 1.807) is 12.1 Å². The first-order chi connectivity index (χ1) is 18.6. The molecule has 0 saturated carbocycles. The minimum Gasteiger partial charge on any atom is -0.465 e. The van der Waals surface area contributed by atoms with Gasteiger partial charge in [0.15, 0.2) is 0 Å². The van der Waals surface area contributed by atoms with E-state index in [-0.39, 0.29) is 11.1 Å². The molecule has 0 aromatic heterocycles. The van der Waals surface area contributed by atoms with Gasteiger partial charge in [0.05, 0.1) is 25.3 Å². The van der Waals surface area contributed by atoms with Crippen LogP contribution >= 0.6 is 0 Å². The van der Waals surface area contributed by atoms with Crippen LogP contribution in [0.25, 0.3) is 21.5 Å². The third-order valence-electron chi connectivity index (χ3n) is 6.11. The number of carbonyl (C=O) groups excluding carboxylic acids is 2. The van der Waals surface area contributed by atoms with Crippen LogP contribution in [0.4, 0.5) is 0 Å². The van der Waals surface area contributed by atoms with Crippen LogP contribution in [0.15, 0.2) is 97.1 Å². The molecule has 38 heavy (non-hydrogen) atoms. The van der Waals surface area contributed by atoms with Gasteiger partial charge < -0.3 is 9.47 Å². The fourth-order valence-corrected chi connectivity index (χ4v) is 4.24. The average molecular weight is 495 g/mol. The van der Waals surface area contributed by atoms with Crippen molar-refractivity contribution in [2.75, 3.05) is 14.2 Å². The van der Waals surface area contributed by atoms with E-state index in [1.165, 1.54) is 20.3 Å². The molecule has 4 nitrogen and oxygen atoms in total. The molecule has 0 aliphatic heterocycles. The molecule has 5 aromatic carbocycles. The number of carbonyl (C=O) groups is 2. The summed E-state index contributed by atoms with van der Waals surface area (Å²) in [7, 11) is 2.57. The molecule has 182 valence electrons. The first kappa shape index (κ1) is 24.4. The summed E-state index contributed by atoms with van der Waals surface area (Å²) in [5, 5.41) is 4.57. The molecular weight excluding hydrogens is 472 g/mol. The van der Waals surface area contributed by atoms with Gasteiger partial charge in [-0.15, -0.1) is 0 Å². The van der Waals surface area contributed by atoms with E-state index in [0.29, 0.717) is 5.56 Å². The molecule has 5 aromatic rings. The lowest BCUT2D eigenvalue weighted by Gasteiger charge is -2.06. The minimum atomic E-state index is -0.555. The number of hydrogen-bond donors (Lipinski definition) is 0. The maximum absolute atomic E-state index is 12.0. The van der Waals surface area contributed by atoms with Gasteiger partial charge in [0.25, 0.3) is 0 Å². The van der Waals surface area contributed by atoms with E-state index >= 15 is 0 Å². The van der Waals surface area contributed by atoms with Gasteiger partial charge in [-0.3, -0.25) is 0 Å². The molecule has 5 rings (SSSR count). The Morgan fingerprint density at radius 1 is 0.526 bits per heavy atom. The maximum Gasteiger partial charge on any atom is 0.337 e. The Morgan fingerprint density at radius 3 is 1.47 bits per heavy atom. The molecule has 0 atom stereocenters. The number of rotatable bonds is 2. The number of hydrogen-bond acceptors (Lipinski definition) is 4. The highest BCUT2D eigenvalue weighted by atomic mass is 16.5. The first-order valence-corrected chi connectivity index (χ1v) is 11.9. The van der Waals surface area contributed by atoms with Gasteiger partial charge in [-0.05, 0) is 70.1 Å². The quantitative estimate of drug-likeness (QED) is 0.163. The van der Waals surface area contributed by atoms with Crippen molar-refractivity contribution >= 4 is 33.5 Å². The van der Waals surface area contributed by atoms with Crippen LogP contribution in [-0.2, 0) is 9.47 Å². The zero-order chi connectivity index (χ0) is 26.5. The second-order valence-corrected chi connectivity index (χ2v) is 8.55. The second kappa shape index (κ2) is 10.7. The highest BCUT2D eigenvalue weighted by molar-refractivity contribution is 6.04. The third kappa shape index (κ3) is 5.12. The fourth-order valence-electron chi connectivity index (χ4n) is 4.24. The standard InChI is InChI=1S/C34H22O4/c1-37-33(35)28-19-25(20-29(22-28)34(36)38-2)16-15-23-11-13-24(14-12-23)17-18-32-30-9-5-3-7-26(30)21-27-8-4-6-10-31(27)32/h3-14,19-22H,1-2H3. The summed E-state index contributed by atoms with van der Waals surface area (Å²) in [5.41, 5.74) is 3.61. The Hall–Kier alpha value is -5.32. The summed E-state index contributed by atoms with van der Waals surface area (Å²) in [4.78, 5) is 24.0. The van der Waals surface area contributed by atoms with Crippen molar-refractivity contribution < 1.29 is 19.1 Å². The van der Waals surface area contributed by atoms with Crippen molar-refractivity contribution in [3.8, 4) is 23.7 Å². The van der Waals surface area contributed by atoms with Crippen molar-refractivity contribution in [2.45, 2.75) is 0 Å². The monoisotopic (exact) mass is 494 g/mol. The van der Waals surface area contributed by atoms with Gasteiger partial charge in [0, 0.05) is 22.3 Å². The lowest BCUT2D eigenvalue weighted by Crippen LogP contribution is -2.07. The molecule has 0 aliphatic carbocycles. The first-order valence-electron chi connectivity index (χ1n) is 11.9. The molecule has 0 saturated heterocycles. The molecule has 0 heterocycles. The van der Waals surface area contributed by atoms with Crippen molar-refractivity contribution in [3.05, 3.63) is 130 Å². The Bertz CT molecular complexity index is 1740. The van der Waals surface area contributed by atoms with Gasteiger partial charge in [-0.25, -0.2) is 9.59 Å². The average Bonchev–Trinajstić information content (AvgIpc) is 2.97.